The topological polar surface area (TPSA) is 131 Å². The van der Waals surface area contributed by atoms with Gasteiger partial charge in [-0.05, 0) is 56.2 Å². The first-order valence-electron chi connectivity index (χ1n) is 12.4. The number of para-hydroxylation sites is 1. The molecule has 1 saturated heterocycles. The molecule has 40 heavy (non-hydrogen) atoms. The lowest BCUT2D eigenvalue weighted by molar-refractivity contribution is -0.207. The van der Waals surface area contributed by atoms with Crippen LogP contribution in [0, 0.1) is 0 Å². The molecule has 14 heteroatoms. The van der Waals surface area contributed by atoms with E-state index in [-0.39, 0.29) is 30.2 Å². The number of aliphatic imine (C=N–C) groups is 2. The maximum atomic E-state index is 13.0. The lowest BCUT2D eigenvalue weighted by atomic mass is 10.1. The van der Waals surface area contributed by atoms with Gasteiger partial charge >= 0.3 is 11.9 Å². The number of carbonyl (C=O) groups excluding carboxylic acids is 1. The second kappa shape index (κ2) is 12.0. The van der Waals surface area contributed by atoms with Crippen molar-refractivity contribution in [2.45, 2.75) is 51.2 Å². The van der Waals surface area contributed by atoms with Crippen molar-refractivity contribution in [1.29, 1.82) is 0 Å². The number of carbonyl (C=O) groups is 1. The average molecular weight is 578 g/mol. The number of aromatic nitrogens is 3. The SMILES string of the molecule is CC1CCCN1C(=O)c1ccccc1N=CN=C(N)Cn1nc(-c2ccc(Cl)cc2)n(C[C@H](O)C(F)(F)F)c1=O. The fourth-order valence-electron chi connectivity index (χ4n) is 4.31. The number of aliphatic hydroxyl groups is 1. The van der Waals surface area contributed by atoms with Gasteiger partial charge < -0.3 is 15.7 Å². The Bertz CT molecular complexity index is 1480. The highest BCUT2D eigenvalue weighted by molar-refractivity contribution is 6.30. The average Bonchev–Trinajstić information content (AvgIpc) is 3.47. The summed E-state index contributed by atoms with van der Waals surface area (Å²) in [4.78, 5) is 36.0. The number of amidine groups is 1. The summed E-state index contributed by atoms with van der Waals surface area (Å²) in [5, 5.41) is 14.1. The molecule has 1 aliphatic rings. The van der Waals surface area contributed by atoms with Crippen LogP contribution in [0.25, 0.3) is 11.4 Å². The molecule has 0 saturated carbocycles. The molecule has 2 heterocycles. The van der Waals surface area contributed by atoms with Gasteiger partial charge in [0.25, 0.3) is 5.91 Å². The van der Waals surface area contributed by atoms with Crippen LogP contribution >= 0.6 is 11.6 Å². The Balaban J connectivity index is 1.58. The quantitative estimate of drug-likeness (QED) is 0.312. The molecule has 0 aliphatic carbocycles. The summed E-state index contributed by atoms with van der Waals surface area (Å²) in [7, 11) is 0. The van der Waals surface area contributed by atoms with Crippen LogP contribution in [0.5, 0.6) is 0 Å². The third-order valence-corrected chi connectivity index (χ3v) is 6.69. The van der Waals surface area contributed by atoms with E-state index < -0.39 is 24.5 Å². The predicted octanol–water partition coefficient (Wildman–Crippen LogP) is 3.63. The van der Waals surface area contributed by atoms with Gasteiger partial charge in [-0.3, -0.25) is 9.36 Å². The van der Waals surface area contributed by atoms with Crippen LogP contribution in [0.4, 0.5) is 18.9 Å². The number of nitrogens with zero attached hydrogens (tertiary/aromatic N) is 6. The van der Waals surface area contributed by atoms with E-state index in [1.807, 2.05) is 6.92 Å². The third-order valence-electron chi connectivity index (χ3n) is 6.44. The first kappa shape index (κ1) is 29.0. The molecular weight excluding hydrogens is 551 g/mol. The van der Waals surface area contributed by atoms with Gasteiger partial charge in [0.1, 0.15) is 18.7 Å². The van der Waals surface area contributed by atoms with Gasteiger partial charge in [-0.1, -0.05) is 23.7 Å². The zero-order chi connectivity index (χ0) is 29.0. The molecule has 0 radical (unpaired) electrons. The molecule has 10 nitrogen and oxygen atoms in total. The molecule has 2 atom stereocenters. The van der Waals surface area contributed by atoms with E-state index in [0.29, 0.717) is 32.9 Å². The standard InChI is InChI=1S/C26H27ClF3N7O3/c1-16-5-4-12-35(16)24(39)19-6-2-3-7-20(19)32-15-33-22(31)14-37-25(40)36(13-21(38)26(28,29)30)23(34-37)17-8-10-18(27)11-9-17/h2-3,6-11,15-16,21,38H,4-5,12-14H2,1H3,(H2,31,32,33)/t16?,21-/m0/s1. The minimum absolute atomic E-state index is 0.116. The van der Waals surface area contributed by atoms with Crippen LogP contribution in [0.3, 0.4) is 0 Å². The summed E-state index contributed by atoms with van der Waals surface area (Å²) in [6.07, 6.45) is -4.74. The van der Waals surface area contributed by atoms with Crippen molar-refractivity contribution < 1.29 is 23.1 Å². The first-order valence-corrected chi connectivity index (χ1v) is 12.8. The maximum absolute atomic E-state index is 13.0. The summed E-state index contributed by atoms with van der Waals surface area (Å²) in [5.74, 6) is -0.371. The smallest absolute Gasteiger partial charge is 0.386 e. The lowest BCUT2D eigenvalue weighted by Gasteiger charge is -2.22. The largest absolute Gasteiger partial charge is 0.416 e. The summed E-state index contributed by atoms with van der Waals surface area (Å²) in [6.45, 7) is 1.22. The number of rotatable bonds is 8. The van der Waals surface area contributed by atoms with E-state index >= 15 is 0 Å². The maximum Gasteiger partial charge on any atom is 0.416 e. The Morgan fingerprint density at radius 3 is 2.60 bits per heavy atom. The number of alkyl halides is 3. The van der Waals surface area contributed by atoms with Gasteiger partial charge in [-0.15, -0.1) is 5.10 Å². The van der Waals surface area contributed by atoms with E-state index in [2.05, 4.69) is 15.1 Å². The van der Waals surface area contributed by atoms with Gasteiger partial charge in [0.2, 0.25) is 0 Å². The molecule has 1 fully saturated rings. The molecular formula is C26H27ClF3N7O3. The van der Waals surface area contributed by atoms with E-state index in [1.54, 1.807) is 29.2 Å². The van der Waals surface area contributed by atoms with E-state index in [4.69, 9.17) is 17.3 Å². The molecule has 1 unspecified atom stereocenters. The summed E-state index contributed by atoms with van der Waals surface area (Å²) in [5.41, 5.74) is 6.14. The zero-order valence-electron chi connectivity index (χ0n) is 21.4. The molecule has 2 aromatic carbocycles. The highest BCUT2D eigenvalue weighted by Crippen LogP contribution is 2.26. The fraction of sp³-hybridized carbons (Fsp3) is 0.346. The minimum atomic E-state index is -4.94. The number of halogens is 4. The molecule has 212 valence electrons. The van der Waals surface area contributed by atoms with Gasteiger partial charge in [-0.2, -0.15) is 13.2 Å². The van der Waals surface area contributed by atoms with Gasteiger partial charge in [-0.25, -0.2) is 19.5 Å². The highest BCUT2D eigenvalue weighted by atomic mass is 35.5. The van der Waals surface area contributed by atoms with Crippen molar-refractivity contribution in [2.75, 3.05) is 6.54 Å². The summed E-state index contributed by atoms with van der Waals surface area (Å²) < 4.78 is 40.7. The molecule has 0 spiro atoms. The molecule has 1 aromatic heterocycles. The van der Waals surface area contributed by atoms with E-state index in [0.717, 1.165) is 23.9 Å². The number of benzene rings is 2. The summed E-state index contributed by atoms with van der Waals surface area (Å²) in [6, 6.07) is 12.9. The molecule has 3 N–H and O–H groups in total. The second-order valence-corrected chi connectivity index (χ2v) is 9.75. The fourth-order valence-corrected chi connectivity index (χ4v) is 4.44. The number of nitrogens with two attached hydrogens (primary N) is 1. The second-order valence-electron chi connectivity index (χ2n) is 9.31. The van der Waals surface area contributed by atoms with Crippen molar-refractivity contribution in [3.8, 4) is 11.4 Å². The van der Waals surface area contributed by atoms with Crippen molar-refractivity contribution in [3.05, 3.63) is 69.6 Å². The van der Waals surface area contributed by atoms with Crippen molar-refractivity contribution >= 4 is 35.4 Å². The van der Waals surface area contributed by atoms with Gasteiger partial charge in [0.15, 0.2) is 11.9 Å². The molecule has 4 rings (SSSR count). The number of aliphatic hydroxyl groups excluding tert-OH is 1. The number of hydrogen-bond donors (Lipinski definition) is 2. The van der Waals surface area contributed by atoms with Crippen LogP contribution in [0.1, 0.15) is 30.1 Å². The Labute approximate surface area is 232 Å². The highest BCUT2D eigenvalue weighted by Gasteiger charge is 2.39. The van der Waals surface area contributed by atoms with Crippen molar-refractivity contribution in [3.63, 3.8) is 0 Å². The van der Waals surface area contributed by atoms with Gasteiger partial charge in [0, 0.05) is 23.2 Å². The van der Waals surface area contributed by atoms with E-state index in [1.165, 1.54) is 24.3 Å². The van der Waals surface area contributed by atoms with Crippen molar-refractivity contribution in [2.24, 2.45) is 15.7 Å². The Morgan fingerprint density at radius 1 is 1.25 bits per heavy atom. The van der Waals surface area contributed by atoms with Crippen LogP contribution < -0.4 is 11.4 Å². The van der Waals surface area contributed by atoms with Crippen LogP contribution in [0.2, 0.25) is 5.02 Å². The normalized spacial score (nSPS) is 17.1. The molecule has 1 aliphatic heterocycles. The molecule has 3 aromatic rings. The molecule has 1 amide bonds. The van der Waals surface area contributed by atoms with Crippen LogP contribution in [-0.2, 0) is 13.1 Å². The predicted molar refractivity (Wildman–Crippen MR) is 145 cm³/mol. The third kappa shape index (κ3) is 6.59. The summed E-state index contributed by atoms with van der Waals surface area (Å²) >= 11 is 5.90. The number of hydrogen-bond acceptors (Lipinski definition) is 5. The van der Waals surface area contributed by atoms with Gasteiger partial charge in [0.05, 0.1) is 17.8 Å². The Hall–Kier alpha value is -3.97. The first-order chi connectivity index (χ1) is 19.0. The Morgan fingerprint density at radius 2 is 1.95 bits per heavy atom. The number of likely N-dealkylation sites (tertiary alicyclic amines) is 1. The Kier molecular flexibility index (Phi) is 8.74. The van der Waals surface area contributed by atoms with Crippen molar-refractivity contribution in [1.82, 2.24) is 19.2 Å². The molecule has 0 bridgehead atoms. The zero-order valence-corrected chi connectivity index (χ0v) is 22.2. The monoisotopic (exact) mass is 577 g/mol. The van der Waals surface area contributed by atoms with Crippen LogP contribution in [-0.4, -0.2) is 67.3 Å². The van der Waals surface area contributed by atoms with E-state index in [9.17, 15) is 27.9 Å². The lowest BCUT2D eigenvalue weighted by Crippen LogP contribution is -2.38. The number of amides is 1. The minimum Gasteiger partial charge on any atom is -0.386 e. The van der Waals surface area contributed by atoms with Crippen LogP contribution in [0.15, 0.2) is 63.3 Å².